The van der Waals surface area contributed by atoms with Gasteiger partial charge >= 0.3 is 0 Å². The minimum absolute atomic E-state index is 0.834. The van der Waals surface area contributed by atoms with Gasteiger partial charge in [-0.05, 0) is 41.7 Å². The zero-order valence-corrected chi connectivity index (χ0v) is 12.2. The first-order valence-corrected chi connectivity index (χ1v) is 7.92. The Labute approximate surface area is 119 Å². The van der Waals surface area contributed by atoms with Gasteiger partial charge in [0.15, 0.2) is 0 Å². The molecular formula is C15H21N3S. The molecule has 0 saturated heterocycles. The number of hydrogen-bond acceptors (Lipinski definition) is 3. The van der Waals surface area contributed by atoms with Crippen LogP contribution in [0.1, 0.15) is 18.9 Å². The Morgan fingerprint density at radius 1 is 1.26 bits per heavy atom. The second-order valence-corrected chi connectivity index (χ2v) is 5.77. The molecule has 0 atom stereocenters. The van der Waals surface area contributed by atoms with Gasteiger partial charge in [-0.25, -0.2) is 0 Å². The molecule has 19 heavy (non-hydrogen) atoms. The van der Waals surface area contributed by atoms with Crippen LogP contribution in [0.25, 0.3) is 0 Å². The Kier molecular flexibility index (Phi) is 5.82. The molecule has 0 saturated carbocycles. The number of thioether (sulfide) groups is 1. The molecule has 0 radical (unpaired) electrons. The fourth-order valence-electron chi connectivity index (χ4n) is 1.86. The molecule has 4 heteroatoms. The minimum atomic E-state index is 0.834. The van der Waals surface area contributed by atoms with Gasteiger partial charge in [0.2, 0.25) is 0 Å². The molecule has 1 heterocycles. The van der Waals surface area contributed by atoms with Crippen LogP contribution in [-0.2, 0) is 6.54 Å². The Morgan fingerprint density at radius 2 is 2.11 bits per heavy atom. The van der Waals surface area contributed by atoms with E-state index in [0.29, 0.717) is 0 Å². The van der Waals surface area contributed by atoms with Crippen LogP contribution in [0.5, 0.6) is 0 Å². The van der Waals surface area contributed by atoms with Gasteiger partial charge in [0, 0.05) is 24.6 Å². The average Bonchev–Trinajstić information content (AvgIpc) is 2.93. The van der Waals surface area contributed by atoms with Crippen molar-refractivity contribution >= 4 is 17.4 Å². The predicted molar refractivity (Wildman–Crippen MR) is 83.9 cm³/mol. The highest BCUT2D eigenvalue weighted by Gasteiger charge is 1.96. The second-order valence-electron chi connectivity index (χ2n) is 4.38. The van der Waals surface area contributed by atoms with E-state index in [1.807, 2.05) is 34.9 Å². The fraction of sp³-hybridized carbons (Fsp3) is 0.400. The molecule has 1 aromatic carbocycles. The van der Waals surface area contributed by atoms with Gasteiger partial charge in [0.1, 0.15) is 0 Å². The standard InChI is InChI=1S/C15H21N3S/c1-2-19-12-4-9-16-15-7-5-14(6-8-15)13-18-11-3-10-17-18/h3,5-8,10-11,16H,2,4,9,12-13H2,1H3. The van der Waals surface area contributed by atoms with Gasteiger partial charge in [-0.2, -0.15) is 16.9 Å². The van der Waals surface area contributed by atoms with E-state index < -0.39 is 0 Å². The lowest BCUT2D eigenvalue weighted by atomic mass is 10.2. The summed E-state index contributed by atoms with van der Waals surface area (Å²) in [5.74, 6) is 2.45. The summed E-state index contributed by atoms with van der Waals surface area (Å²) in [5.41, 5.74) is 2.47. The maximum absolute atomic E-state index is 4.21. The molecule has 0 aliphatic carbocycles. The van der Waals surface area contributed by atoms with Crippen molar-refractivity contribution < 1.29 is 0 Å². The molecule has 1 N–H and O–H groups in total. The Hall–Kier alpha value is -1.42. The maximum Gasteiger partial charge on any atom is 0.0659 e. The van der Waals surface area contributed by atoms with Gasteiger partial charge in [-0.3, -0.25) is 4.68 Å². The number of anilines is 1. The third-order valence-corrected chi connectivity index (χ3v) is 3.84. The second kappa shape index (κ2) is 7.89. The van der Waals surface area contributed by atoms with Gasteiger partial charge in [-0.1, -0.05) is 19.1 Å². The first-order valence-electron chi connectivity index (χ1n) is 6.76. The van der Waals surface area contributed by atoms with E-state index >= 15 is 0 Å². The Bertz CT molecular complexity index is 451. The highest BCUT2D eigenvalue weighted by molar-refractivity contribution is 7.99. The van der Waals surface area contributed by atoms with Crippen LogP contribution >= 0.6 is 11.8 Å². The zero-order chi connectivity index (χ0) is 13.3. The van der Waals surface area contributed by atoms with E-state index in [1.165, 1.54) is 29.2 Å². The third kappa shape index (κ3) is 4.99. The molecule has 0 unspecified atom stereocenters. The molecular weight excluding hydrogens is 254 g/mol. The van der Waals surface area contributed by atoms with Crippen LogP contribution in [0, 0.1) is 0 Å². The van der Waals surface area contributed by atoms with Crippen molar-refractivity contribution in [3.8, 4) is 0 Å². The molecule has 2 rings (SSSR count). The van der Waals surface area contributed by atoms with Crippen LogP contribution in [0.3, 0.4) is 0 Å². The Balaban J connectivity index is 1.75. The molecule has 3 nitrogen and oxygen atoms in total. The normalized spacial score (nSPS) is 10.6. The quantitative estimate of drug-likeness (QED) is 0.748. The molecule has 2 aromatic rings. The lowest BCUT2D eigenvalue weighted by Crippen LogP contribution is -2.03. The van der Waals surface area contributed by atoms with Crippen molar-refractivity contribution in [2.75, 3.05) is 23.4 Å². The van der Waals surface area contributed by atoms with Gasteiger partial charge in [0.05, 0.1) is 6.54 Å². The molecule has 0 amide bonds. The summed E-state index contributed by atoms with van der Waals surface area (Å²) in [5, 5.41) is 7.66. The number of aromatic nitrogens is 2. The first kappa shape index (κ1) is 14.0. The maximum atomic E-state index is 4.21. The van der Waals surface area contributed by atoms with Crippen LogP contribution in [-0.4, -0.2) is 27.8 Å². The van der Waals surface area contributed by atoms with E-state index in [4.69, 9.17) is 0 Å². The summed E-state index contributed by atoms with van der Waals surface area (Å²) in [6.07, 6.45) is 5.01. The van der Waals surface area contributed by atoms with Crippen LogP contribution in [0.2, 0.25) is 0 Å². The minimum Gasteiger partial charge on any atom is -0.385 e. The van der Waals surface area contributed by atoms with E-state index in [-0.39, 0.29) is 0 Å². The van der Waals surface area contributed by atoms with E-state index in [0.717, 1.165) is 13.1 Å². The van der Waals surface area contributed by atoms with Crippen LogP contribution in [0.4, 0.5) is 5.69 Å². The molecule has 102 valence electrons. The summed E-state index contributed by atoms with van der Waals surface area (Å²) >= 11 is 2.00. The molecule has 0 bridgehead atoms. The van der Waals surface area contributed by atoms with Crippen molar-refractivity contribution in [3.63, 3.8) is 0 Å². The van der Waals surface area contributed by atoms with E-state index in [9.17, 15) is 0 Å². The summed E-state index contributed by atoms with van der Waals surface area (Å²) < 4.78 is 1.93. The summed E-state index contributed by atoms with van der Waals surface area (Å²) in [6, 6.07) is 10.6. The van der Waals surface area contributed by atoms with E-state index in [1.54, 1.807) is 0 Å². The number of nitrogens with one attached hydrogen (secondary N) is 1. The van der Waals surface area contributed by atoms with Gasteiger partial charge in [0.25, 0.3) is 0 Å². The lowest BCUT2D eigenvalue weighted by Gasteiger charge is -2.07. The first-order chi connectivity index (χ1) is 9.38. The molecule has 1 aromatic heterocycles. The van der Waals surface area contributed by atoms with Crippen molar-refractivity contribution in [1.29, 1.82) is 0 Å². The molecule has 0 aliphatic heterocycles. The van der Waals surface area contributed by atoms with Gasteiger partial charge < -0.3 is 5.32 Å². The highest BCUT2D eigenvalue weighted by atomic mass is 32.2. The number of benzene rings is 1. The third-order valence-electron chi connectivity index (χ3n) is 2.86. The number of nitrogens with zero attached hydrogens (tertiary/aromatic N) is 2. The van der Waals surface area contributed by atoms with Crippen LogP contribution in [0.15, 0.2) is 42.7 Å². The number of rotatable bonds is 8. The molecule has 0 spiro atoms. The highest BCUT2D eigenvalue weighted by Crippen LogP contribution is 2.11. The zero-order valence-electron chi connectivity index (χ0n) is 11.4. The van der Waals surface area contributed by atoms with Crippen molar-refractivity contribution in [3.05, 3.63) is 48.3 Å². The fourth-order valence-corrected chi connectivity index (χ4v) is 2.50. The van der Waals surface area contributed by atoms with Gasteiger partial charge in [-0.15, -0.1) is 0 Å². The van der Waals surface area contributed by atoms with E-state index in [2.05, 4.69) is 41.6 Å². The monoisotopic (exact) mass is 275 g/mol. The smallest absolute Gasteiger partial charge is 0.0659 e. The van der Waals surface area contributed by atoms with Crippen LogP contribution < -0.4 is 5.32 Å². The summed E-state index contributed by atoms with van der Waals surface area (Å²) in [4.78, 5) is 0. The largest absolute Gasteiger partial charge is 0.385 e. The van der Waals surface area contributed by atoms with Crippen molar-refractivity contribution in [2.45, 2.75) is 19.9 Å². The lowest BCUT2D eigenvalue weighted by molar-refractivity contribution is 0.687. The summed E-state index contributed by atoms with van der Waals surface area (Å²) in [7, 11) is 0. The van der Waals surface area contributed by atoms with Crippen molar-refractivity contribution in [2.24, 2.45) is 0 Å². The summed E-state index contributed by atoms with van der Waals surface area (Å²) in [6.45, 7) is 4.09. The topological polar surface area (TPSA) is 29.9 Å². The predicted octanol–water partition coefficient (Wildman–Crippen LogP) is 3.49. The SMILES string of the molecule is CCSCCCNc1ccc(Cn2cccn2)cc1. The Morgan fingerprint density at radius 3 is 2.79 bits per heavy atom. The molecule has 0 fully saturated rings. The average molecular weight is 275 g/mol. The number of hydrogen-bond donors (Lipinski definition) is 1. The van der Waals surface area contributed by atoms with Crippen molar-refractivity contribution in [1.82, 2.24) is 9.78 Å². The molecule has 0 aliphatic rings.